The van der Waals surface area contributed by atoms with Gasteiger partial charge < -0.3 is 4.74 Å². The summed E-state index contributed by atoms with van der Waals surface area (Å²) in [7, 11) is -2.96. The number of methoxy groups -OCH3 is 1. The van der Waals surface area contributed by atoms with Crippen molar-refractivity contribution in [2.45, 2.75) is 4.90 Å². The highest BCUT2D eigenvalue weighted by Gasteiger charge is 2.23. The molecule has 91 valence electrons. The standard InChI is InChI=1S/C9H7INO5S/c1-16-9(13)7-3-2-6(10)4-8(7)17(14,15)11-5-12/h2-4H,1H3,(H,11,12). The summed E-state index contributed by atoms with van der Waals surface area (Å²) in [4.78, 5) is 21.2. The van der Waals surface area contributed by atoms with Gasteiger partial charge in [0.05, 0.1) is 12.7 Å². The number of amides is 1. The molecule has 17 heavy (non-hydrogen) atoms. The lowest BCUT2D eigenvalue weighted by Crippen LogP contribution is -2.24. The van der Waals surface area contributed by atoms with Crippen molar-refractivity contribution in [2.24, 2.45) is 0 Å². The maximum absolute atomic E-state index is 11.6. The van der Waals surface area contributed by atoms with Gasteiger partial charge in [-0.05, 0) is 40.8 Å². The molecule has 0 saturated heterocycles. The minimum Gasteiger partial charge on any atom is -0.465 e. The molecule has 1 aromatic carbocycles. The predicted octanol–water partition coefficient (Wildman–Crippen LogP) is 0.423. The van der Waals surface area contributed by atoms with E-state index in [1.54, 1.807) is 10.8 Å². The van der Waals surface area contributed by atoms with E-state index in [-0.39, 0.29) is 10.5 Å². The first kappa shape index (κ1) is 13.9. The van der Waals surface area contributed by atoms with E-state index in [0.29, 0.717) is 3.57 Å². The number of hydrogen-bond acceptors (Lipinski definition) is 5. The number of benzene rings is 1. The molecule has 1 aromatic rings. The molecular formula is C9H7INO5S. The Hall–Kier alpha value is -1.16. The molecule has 0 aliphatic carbocycles. The van der Waals surface area contributed by atoms with E-state index < -0.39 is 16.0 Å². The molecule has 0 bridgehead atoms. The molecule has 0 atom stereocenters. The molecule has 0 aliphatic heterocycles. The second kappa shape index (κ2) is 5.45. The van der Waals surface area contributed by atoms with Gasteiger partial charge in [0, 0.05) is 3.57 Å². The highest BCUT2D eigenvalue weighted by molar-refractivity contribution is 14.1. The molecule has 1 rings (SSSR count). The van der Waals surface area contributed by atoms with Crippen molar-refractivity contribution in [2.75, 3.05) is 7.11 Å². The van der Waals surface area contributed by atoms with Crippen molar-refractivity contribution in [3.63, 3.8) is 0 Å². The third kappa shape index (κ3) is 3.16. The summed E-state index contributed by atoms with van der Waals surface area (Å²) in [5.41, 5.74) is -0.143. The van der Waals surface area contributed by atoms with Gasteiger partial charge in [0.2, 0.25) is 0 Å². The number of hydrogen-bond donors (Lipinski definition) is 1. The molecule has 1 radical (unpaired) electrons. The van der Waals surface area contributed by atoms with Crippen molar-refractivity contribution < 1.29 is 22.7 Å². The summed E-state index contributed by atoms with van der Waals surface area (Å²) in [6.07, 6.45) is 1.07. The molecule has 0 unspecified atom stereocenters. The number of carbonyl (C=O) groups is 1. The fraction of sp³-hybridized carbons (Fsp3) is 0.111. The molecule has 1 amide bonds. The normalized spacial score (nSPS) is 10.7. The van der Waals surface area contributed by atoms with Gasteiger partial charge >= 0.3 is 12.4 Å². The smallest absolute Gasteiger partial charge is 0.339 e. The van der Waals surface area contributed by atoms with Crippen LogP contribution in [0.3, 0.4) is 0 Å². The van der Waals surface area contributed by atoms with Crippen molar-refractivity contribution in [3.8, 4) is 0 Å². The lowest BCUT2D eigenvalue weighted by Gasteiger charge is -2.08. The molecule has 0 spiro atoms. The third-order valence-electron chi connectivity index (χ3n) is 1.81. The summed E-state index contributed by atoms with van der Waals surface area (Å²) in [5, 5.41) is 0. The Morgan fingerprint density at radius 1 is 1.47 bits per heavy atom. The average Bonchev–Trinajstić information content (AvgIpc) is 2.28. The van der Waals surface area contributed by atoms with E-state index in [4.69, 9.17) is 0 Å². The number of esters is 1. The van der Waals surface area contributed by atoms with Gasteiger partial charge in [0.25, 0.3) is 10.0 Å². The van der Waals surface area contributed by atoms with E-state index in [2.05, 4.69) is 4.74 Å². The number of halogens is 1. The fourth-order valence-electron chi connectivity index (χ4n) is 1.11. The Balaban J connectivity index is 3.45. The Morgan fingerprint density at radius 3 is 2.65 bits per heavy atom. The average molecular weight is 368 g/mol. The molecule has 1 N–H and O–H groups in total. The molecule has 0 aliphatic rings. The van der Waals surface area contributed by atoms with Crippen LogP contribution >= 0.6 is 22.6 Å². The summed E-state index contributed by atoms with van der Waals surface area (Å²) >= 11 is 1.88. The maximum Gasteiger partial charge on any atom is 0.339 e. The van der Waals surface area contributed by atoms with Crippen LogP contribution in [0.15, 0.2) is 23.1 Å². The largest absolute Gasteiger partial charge is 0.465 e. The third-order valence-corrected chi connectivity index (χ3v) is 3.75. The van der Waals surface area contributed by atoms with E-state index in [9.17, 15) is 18.0 Å². The molecule has 6 nitrogen and oxygen atoms in total. The van der Waals surface area contributed by atoms with Crippen LogP contribution in [0.4, 0.5) is 0 Å². The molecule has 0 aromatic heterocycles. The molecule has 0 heterocycles. The van der Waals surface area contributed by atoms with E-state index >= 15 is 0 Å². The number of sulfonamides is 1. The highest BCUT2D eigenvalue weighted by Crippen LogP contribution is 2.19. The summed E-state index contributed by atoms with van der Waals surface area (Å²) in [5.74, 6) is -0.798. The van der Waals surface area contributed by atoms with Crippen LogP contribution in [-0.2, 0) is 19.6 Å². The monoisotopic (exact) mass is 368 g/mol. The SMILES string of the molecule is COC(=O)c1ccc(I)cc1S(=O)(=O)N[C]=O. The van der Waals surface area contributed by atoms with Crippen LogP contribution in [0, 0.1) is 3.57 Å². The second-order valence-electron chi connectivity index (χ2n) is 2.84. The predicted molar refractivity (Wildman–Crippen MR) is 66.5 cm³/mol. The first-order chi connectivity index (χ1) is 7.92. The van der Waals surface area contributed by atoms with Crippen molar-refractivity contribution >= 4 is 45.0 Å². The molecular weight excluding hydrogens is 361 g/mol. The Morgan fingerprint density at radius 2 is 2.12 bits per heavy atom. The van der Waals surface area contributed by atoms with Gasteiger partial charge in [-0.1, -0.05) is 0 Å². The van der Waals surface area contributed by atoms with E-state index in [1.807, 2.05) is 22.6 Å². The minimum absolute atomic E-state index is 0.143. The molecule has 0 saturated carbocycles. The summed E-state index contributed by atoms with van der Waals surface area (Å²) in [6.45, 7) is 0. The van der Waals surface area contributed by atoms with Gasteiger partial charge in [0.1, 0.15) is 4.90 Å². The highest BCUT2D eigenvalue weighted by atomic mass is 127. The van der Waals surface area contributed by atoms with Crippen LogP contribution in [-0.4, -0.2) is 27.9 Å². The van der Waals surface area contributed by atoms with Crippen molar-refractivity contribution in [1.29, 1.82) is 0 Å². The fourth-order valence-corrected chi connectivity index (χ4v) is 2.75. The Labute approximate surface area is 112 Å². The number of nitrogens with one attached hydrogen (secondary N) is 1. The van der Waals surface area contributed by atoms with Gasteiger partial charge in [-0.3, -0.25) is 4.79 Å². The van der Waals surface area contributed by atoms with E-state index in [0.717, 1.165) is 13.5 Å². The summed E-state index contributed by atoms with van der Waals surface area (Å²) < 4.78 is 29.9. The van der Waals surface area contributed by atoms with Gasteiger partial charge in [-0.2, -0.15) is 0 Å². The van der Waals surface area contributed by atoms with Crippen LogP contribution < -0.4 is 4.72 Å². The van der Waals surface area contributed by atoms with Crippen LogP contribution in [0.1, 0.15) is 10.4 Å². The van der Waals surface area contributed by atoms with Crippen LogP contribution in [0.25, 0.3) is 0 Å². The Kier molecular flexibility index (Phi) is 4.46. The van der Waals surface area contributed by atoms with Crippen LogP contribution in [0.2, 0.25) is 0 Å². The maximum atomic E-state index is 11.6. The molecule has 8 heteroatoms. The first-order valence-electron chi connectivity index (χ1n) is 4.19. The zero-order valence-electron chi connectivity index (χ0n) is 8.56. The van der Waals surface area contributed by atoms with Gasteiger partial charge in [0.15, 0.2) is 0 Å². The van der Waals surface area contributed by atoms with Crippen LogP contribution in [0.5, 0.6) is 0 Å². The lowest BCUT2D eigenvalue weighted by molar-refractivity contribution is 0.0596. The van der Waals surface area contributed by atoms with Crippen molar-refractivity contribution in [1.82, 2.24) is 4.72 Å². The summed E-state index contributed by atoms with van der Waals surface area (Å²) in [6, 6.07) is 4.12. The zero-order chi connectivity index (χ0) is 13.1. The minimum atomic E-state index is -4.10. The van der Waals surface area contributed by atoms with Gasteiger partial charge in [-0.15, -0.1) is 0 Å². The Bertz CT molecular complexity index is 555. The second-order valence-corrected chi connectivity index (χ2v) is 5.74. The molecule has 0 fully saturated rings. The lowest BCUT2D eigenvalue weighted by atomic mass is 10.2. The van der Waals surface area contributed by atoms with Crippen molar-refractivity contribution in [3.05, 3.63) is 27.3 Å². The first-order valence-corrected chi connectivity index (χ1v) is 6.75. The number of rotatable bonds is 4. The van der Waals surface area contributed by atoms with Gasteiger partial charge in [-0.25, -0.2) is 17.9 Å². The zero-order valence-corrected chi connectivity index (χ0v) is 11.5. The topological polar surface area (TPSA) is 89.5 Å². The quantitative estimate of drug-likeness (QED) is 0.473. The number of carbonyl (C=O) groups excluding carboxylic acids is 2. The van der Waals surface area contributed by atoms with E-state index in [1.165, 1.54) is 12.1 Å². The number of ether oxygens (including phenoxy) is 1.